The van der Waals surface area contributed by atoms with Gasteiger partial charge in [0.1, 0.15) is 5.60 Å². The van der Waals surface area contributed by atoms with Crippen molar-refractivity contribution in [3.05, 3.63) is 28.8 Å². The molecule has 10 nitrogen and oxygen atoms in total. The molecule has 3 heterocycles. The molecule has 0 bridgehead atoms. The van der Waals surface area contributed by atoms with Gasteiger partial charge in [0, 0.05) is 45.8 Å². The number of hydrogen-bond acceptors (Lipinski definition) is 7. The zero-order chi connectivity index (χ0) is 30.9. The summed E-state index contributed by atoms with van der Waals surface area (Å²) in [6, 6.07) is 5.09. The average Bonchev–Trinajstić information content (AvgIpc) is 3.13. The second-order valence-corrected chi connectivity index (χ2v) is 14.0. The van der Waals surface area contributed by atoms with Crippen molar-refractivity contribution in [1.82, 2.24) is 20.0 Å². The van der Waals surface area contributed by atoms with Crippen molar-refractivity contribution in [2.75, 3.05) is 52.4 Å². The van der Waals surface area contributed by atoms with E-state index < -0.39 is 29.8 Å². The van der Waals surface area contributed by atoms with Crippen LogP contribution in [0.4, 0.5) is 4.79 Å². The lowest BCUT2D eigenvalue weighted by atomic mass is 9.79. The predicted octanol–water partition coefficient (Wildman–Crippen LogP) is 3.16. The van der Waals surface area contributed by atoms with Gasteiger partial charge in [-0.05, 0) is 84.8 Å². The van der Waals surface area contributed by atoms with Crippen LogP contribution in [0.2, 0.25) is 5.02 Å². The Morgan fingerprint density at radius 2 is 1.57 bits per heavy atom. The Hall–Kier alpha value is -2.34. The Morgan fingerprint density at radius 3 is 2.12 bits per heavy atom. The van der Waals surface area contributed by atoms with Gasteiger partial charge in [-0.1, -0.05) is 17.7 Å². The maximum absolute atomic E-state index is 12.8. The summed E-state index contributed by atoms with van der Waals surface area (Å²) in [5.41, 5.74) is -0.409. The Morgan fingerprint density at radius 1 is 0.976 bits per heavy atom. The van der Waals surface area contributed by atoms with Crippen LogP contribution >= 0.6 is 11.6 Å². The zero-order valence-electron chi connectivity index (χ0n) is 26.1. The van der Waals surface area contributed by atoms with E-state index in [0.717, 1.165) is 37.9 Å². The van der Waals surface area contributed by atoms with Crippen LogP contribution in [-0.2, 0) is 18.8 Å². The van der Waals surface area contributed by atoms with Gasteiger partial charge < -0.3 is 29.2 Å². The predicted molar refractivity (Wildman–Crippen MR) is 163 cm³/mol. The number of nitrogens with one attached hydrogen (secondary N) is 1. The number of piperazine rings is 1. The van der Waals surface area contributed by atoms with Crippen molar-refractivity contribution in [1.29, 1.82) is 0 Å². The number of amides is 3. The van der Waals surface area contributed by atoms with Gasteiger partial charge in [-0.15, -0.1) is 0 Å². The number of rotatable bonds is 6. The van der Waals surface area contributed by atoms with E-state index in [9.17, 15) is 14.4 Å². The Labute approximate surface area is 255 Å². The number of carbonyl (C=O) groups excluding carboxylic acids is 3. The van der Waals surface area contributed by atoms with E-state index in [2.05, 4.69) is 10.2 Å². The number of benzene rings is 1. The van der Waals surface area contributed by atoms with Crippen molar-refractivity contribution in [3.8, 4) is 0 Å². The average molecular weight is 605 g/mol. The molecule has 1 aromatic rings. The molecule has 0 radical (unpaired) electrons. The molecule has 12 heteroatoms. The first kappa shape index (κ1) is 32.6. The minimum Gasteiger partial charge on any atom is -0.444 e. The molecule has 0 unspecified atom stereocenters. The molecule has 0 aliphatic carbocycles. The van der Waals surface area contributed by atoms with Crippen LogP contribution < -0.4 is 10.8 Å². The Kier molecular flexibility index (Phi) is 9.87. The second kappa shape index (κ2) is 12.7. The van der Waals surface area contributed by atoms with Gasteiger partial charge in [-0.2, -0.15) is 0 Å². The highest BCUT2D eigenvalue weighted by Gasteiger charge is 2.51. The van der Waals surface area contributed by atoms with Gasteiger partial charge in [0.2, 0.25) is 5.91 Å². The number of hydrogen-bond donors (Lipinski definition) is 1. The summed E-state index contributed by atoms with van der Waals surface area (Å²) in [5, 5.41) is 3.01. The van der Waals surface area contributed by atoms with Crippen molar-refractivity contribution < 1.29 is 28.4 Å². The van der Waals surface area contributed by atoms with Crippen LogP contribution in [-0.4, -0.2) is 109 Å². The van der Waals surface area contributed by atoms with E-state index >= 15 is 0 Å². The lowest BCUT2D eigenvalue weighted by Crippen LogP contribution is -2.52. The first-order valence-corrected chi connectivity index (χ1v) is 15.3. The van der Waals surface area contributed by atoms with Gasteiger partial charge in [0.05, 0.1) is 28.3 Å². The molecule has 3 aliphatic heterocycles. The Balaban J connectivity index is 1.18. The van der Waals surface area contributed by atoms with Gasteiger partial charge >= 0.3 is 13.2 Å². The third kappa shape index (κ3) is 7.98. The number of carbonyl (C=O) groups is 3. The van der Waals surface area contributed by atoms with Gasteiger partial charge in [-0.3, -0.25) is 14.5 Å². The van der Waals surface area contributed by atoms with Crippen LogP contribution in [0.15, 0.2) is 18.2 Å². The van der Waals surface area contributed by atoms with E-state index in [0.29, 0.717) is 37.7 Å². The minimum atomic E-state index is -0.573. The highest BCUT2D eigenvalue weighted by Crippen LogP contribution is 2.36. The molecule has 1 aromatic carbocycles. The monoisotopic (exact) mass is 604 g/mol. The fourth-order valence-electron chi connectivity index (χ4n) is 5.37. The molecule has 0 saturated carbocycles. The molecule has 0 spiro atoms. The number of piperidine rings is 1. The lowest BCUT2D eigenvalue weighted by Gasteiger charge is -2.39. The SMILES string of the molecule is CC(C)(C)OC(=O)N1CCN(CC2CCN(C(=O)CNC(=O)c3ccc(B4OC(C)(C)C(C)(C)O4)cc3Cl)CC2)CC1. The van der Waals surface area contributed by atoms with Gasteiger partial charge in [0.15, 0.2) is 0 Å². The van der Waals surface area contributed by atoms with E-state index in [-0.39, 0.29) is 23.6 Å². The molecule has 3 saturated heterocycles. The first-order chi connectivity index (χ1) is 19.5. The molecule has 3 fully saturated rings. The van der Waals surface area contributed by atoms with Crippen molar-refractivity contribution in [2.24, 2.45) is 5.92 Å². The van der Waals surface area contributed by atoms with E-state index in [4.69, 9.17) is 25.6 Å². The quantitative estimate of drug-likeness (QED) is 0.498. The molecule has 4 rings (SSSR count). The highest BCUT2D eigenvalue weighted by molar-refractivity contribution is 6.62. The van der Waals surface area contributed by atoms with Crippen LogP contribution in [0, 0.1) is 5.92 Å². The standard InChI is InChI=1S/C30H46BClN4O6/c1-28(2,3)40-27(39)36-16-14-34(15-17-36)20-21-10-12-35(13-11-21)25(37)19-33-26(38)23-9-8-22(18-24(23)32)31-41-29(4,5)30(6,7)42-31/h8-9,18,21H,10-17,19-20H2,1-7H3,(H,33,38). The molecule has 42 heavy (non-hydrogen) atoms. The smallest absolute Gasteiger partial charge is 0.444 e. The summed E-state index contributed by atoms with van der Waals surface area (Å²) in [6.07, 6.45) is 1.58. The van der Waals surface area contributed by atoms with Crippen molar-refractivity contribution in [2.45, 2.75) is 78.1 Å². The third-order valence-corrected chi connectivity index (χ3v) is 8.98. The molecule has 1 N–H and O–H groups in total. The number of likely N-dealkylation sites (tertiary alicyclic amines) is 1. The summed E-state index contributed by atoms with van der Waals surface area (Å²) in [5.74, 6) is 0.00461. The lowest BCUT2D eigenvalue weighted by molar-refractivity contribution is -0.131. The molecule has 3 aliphatic rings. The summed E-state index contributed by atoms with van der Waals surface area (Å²) in [6.45, 7) is 18.7. The number of nitrogens with zero attached hydrogens (tertiary/aromatic N) is 3. The zero-order valence-corrected chi connectivity index (χ0v) is 26.9. The van der Waals surface area contributed by atoms with Gasteiger partial charge in [-0.25, -0.2) is 4.79 Å². The van der Waals surface area contributed by atoms with Crippen molar-refractivity contribution >= 4 is 42.1 Å². The molecular formula is C30H46BClN4O6. The maximum Gasteiger partial charge on any atom is 0.494 e. The summed E-state index contributed by atoms with van der Waals surface area (Å²) >= 11 is 6.46. The minimum absolute atomic E-state index is 0.0779. The van der Waals surface area contributed by atoms with Gasteiger partial charge in [0.25, 0.3) is 5.91 Å². The van der Waals surface area contributed by atoms with Crippen LogP contribution in [0.3, 0.4) is 0 Å². The van der Waals surface area contributed by atoms with Crippen molar-refractivity contribution in [3.63, 3.8) is 0 Å². The topological polar surface area (TPSA) is 101 Å². The fraction of sp³-hybridized carbons (Fsp3) is 0.700. The second-order valence-electron chi connectivity index (χ2n) is 13.6. The summed E-state index contributed by atoms with van der Waals surface area (Å²) in [7, 11) is -0.573. The summed E-state index contributed by atoms with van der Waals surface area (Å²) < 4.78 is 17.6. The normalized spacial score (nSPS) is 21.4. The number of ether oxygens (including phenoxy) is 1. The van der Waals surface area contributed by atoms with E-state index in [1.807, 2.05) is 53.4 Å². The van der Waals surface area contributed by atoms with Crippen LogP contribution in [0.25, 0.3) is 0 Å². The molecular weight excluding hydrogens is 559 g/mol. The molecule has 0 atom stereocenters. The molecule has 3 amide bonds. The number of halogens is 1. The molecule has 0 aromatic heterocycles. The third-order valence-electron chi connectivity index (χ3n) is 8.67. The van der Waals surface area contributed by atoms with E-state index in [1.54, 1.807) is 23.1 Å². The first-order valence-electron chi connectivity index (χ1n) is 15.0. The fourth-order valence-corrected chi connectivity index (χ4v) is 5.65. The van der Waals surface area contributed by atoms with Crippen LogP contribution in [0.1, 0.15) is 71.7 Å². The summed E-state index contributed by atoms with van der Waals surface area (Å²) in [4.78, 5) is 44.0. The maximum atomic E-state index is 12.8. The highest BCUT2D eigenvalue weighted by atomic mass is 35.5. The van der Waals surface area contributed by atoms with E-state index in [1.165, 1.54) is 0 Å². The largest absolute Gasteiger partial charge is 0.494 e. The van der Waals surface area contributed by atoms with Crippen LogP contribution in [0.5, 0.6) is 0 Å². The molecule has 232 valence electrons. The Bertz CT molecular complexity index is 1140.